The van der Waals surface area contributed by atoms with E-state index in [1.807, 2.05) is 17.2 Å². The third kappa shape index (κ3) is 3.75. The average molecular weight is 396 g/mol. The molecule has 0 saturated carbocycles. The zero-order valence-corrected chi connectivity index (χ0v) is 17.5. The van der Waals surface area contributed by atoms with Crippen LogP contribution < -0.4 is 0 Å². The van der Waals surface area contributed by atoms with Crippen molar-refractivity contribution in [2.75, 3.05) is 13.1 Å². The molecule has 2 aliphatic heterocycles. The molecule has 1 saturated heterocycles. The minimum atomic E-state index is -0.0851. The summed E-state index contributed by atoms with van der Waals surface area (Å²) in [5.74, 6) is 0.711. The SMILES string of the molecule is CC(=O)N1CCCC1c1ncc2c(n1)CCN(C(=O)c1cc(C(C)(C)C)[nH]n1)C2. The van der Waals surface area contributed by atoms with Crippen LogP contribution in [0.3, 0.4) is 0 Å². The van der Waals surface area contributed by atoms with Gasteiger partial charge in [0.15, 0.2) is 5.82 Å². The van der Waals surface area contributed by atoms with Gasteiger partial charge in [-0.1, -0.05) is 20.8 Å². The summed E-state index contributed by atoms with van der Waals surface area (Å²) in [6, 6.07) is 1.81. The Labute approximate surface area is 170 Å². The van der Waals surface area contributed by atoms with Crippen molar-refractivity contribution < 1.29 is 9.59 Å². The Morgan fingerprint density at radius 3 is 2.72 bits per heavy atom. The molecule has 0 aliphatic carbocycles. The number of nitrogens with one attached hydrogen (secondary N) is 1. The third-order valence-corrected chi connectivity index (χ3v) is 5.80. The molecule has 8 heteroatoms. The Hall–Kier alpha value is -2.77. The molecule has 2 amide bonds. The van der Waals surface area contributed by atoms with Gasteiger partial charge in [0.1, 0.15) is 5.69 Å². The monoisotopic (exact) mass is 396 g/mol. The van der Waals surface area contributed by atoms with E-state index in [-0.39, 0.29) is 23.3 Å². The van der Waals surface area contributed by atoms with Crippen LogP contribution in [0, 0.1) is 0 Å². The van der Waals surface area contributed by atoms with Gasteiger partial charge in [0.05, 0.1) is 11.7 Å². The average Bonchev–Trinajstić information content (AvgIpc) is 3.36. The first-order valence-corrected chi connectivity index (χ1v) is 10.2. The summed E-state index contributed by atoms with van der Waals surface area (Å²) in [6.07, 6.45) is 4.38. The topological polar surface area (TPSA) is 95.1 Å². The first kappa shape index (κ1) is 19.5. The standard InChI is InChI=1S/C21H28N6O2/c1-13(28)27-8-5-6-17(27)19-22-11-14-12-26(9-7-15(14)23-19)20(29)16-10-18(25-24-16)21(2,3)4/h10-11,17H,5-9,12H2,1-4H3,(H,24,25). The molecule has 1 unspecified atom stereocenters. The number of rotatable bonds is 2. The van der Waals surface area contributed by atoms with Gasteiger partial charge in [-0.25, -0.2) is 9.97 Å². The van der Waals surface area contributed by atoms with Crippen LogP contribution in [-0.2, 0) is 23.2 Å². The zero-order valence-electron chi connectivity index (χ0n) is 17.5. The second-order valence-electron chi connectivity index (χ2n) is 8.96. The Morgan fingerprint density at radius 2 is 2.03 bits per heavy atom. The Morgan fingerprint density at radius 1 is 1.24 bits per heavy atom. The fraction of sp³-hybridized carbons (Fsp3) is 0.571. The fourth-order valence-electron chi connectivity index (χ4n) is 4.06. The highest BCUT2D eigenvalue weighted by molar-refractivity contribution is 5.92. The number of hydrogen-bond acceptors (Lipinski definition) is 5. The molecule has 0 spiro atoms. The number of likely N-dealkylation sites (tertiary alicyclic amines) is 1. The molecule has 29 heavy (non-hydrogen) atoms. The van der Waals surface area contributed by atoms with E-state index in [0.29, 0.717) is 25.2 Å². The predicted molar refractivity (Wildman–Crippen MR) is 107 cm³/mol. The number of aromatic nitrogens is 4. The number of nitrogens with zero attached hydrogens (tertiary/aromatic N) is 5. The summed E-state index contributed by atoms with van der Waals surface area (Å²) in [5.41, 5.74) is 3.24. The van der Waals surface area contributed by atoms with Crippen LogP contribution in [0.5, 0.6) is 0 Å². The molecule has 1 atom stereocenters. The number of H-pyrrole nitrogens is 1. The van der Waals surface area contributed by atoms with Crippen LogP contribution >= 0.6 is 0 Å². The molecule has 4 rings (SSSR count). The minimum Gasteiger partial charge on any atom is -0.333 e. The molecule has 0 bridgehead atoms. The third-order valence-electron chi connectivity index (χ3n) is 5.80. The summed E-state index contributed by atoms with van der Waals surface area (Å²) in [5, 5.41) is 7.20. The number of hydrogen-bond donors (Lipinski definition) is 1. The molecular weight excluding hydrogens is 368 g/mol. The second kappa shape index (κ2) is 7.24. The van der Waals surface area contributed by atoms with Crippen molar-refractivity contribution in [1.82, 2.24) is 30.0 Å². The molecule has 0 aromatic carbocycles. The van der Waals surface area contributed by atoms with Crippen molar-refractivity contribution >= 4 is 11.8 Å². The van der Waals surface area contributed by atoms with Gasteiger partial charge in [-0.05, 0) is 18.9 Å². The first-order valence-electron chi connectivity index (χ1n) is 10.2. The minimum absolute atomic E-state index is 0.0302. The van der Waals surface area contributed by atoms with Crippen molar-refractivity contribution in [1.29, 1.82) is 0 Å². The van der Waals surface area contributed by atoms with E-state index in [9.17, 15) is 9.59 Å². The van der Waals surface area contributed by atoms with Gasteiger partial charge in [-0.3, -0.25) is 14.7 Å². The lowest BCUT2D eigenvalue weighted by Crippen LogP contribution is -2.37. The molecule has 2 aromatic heterocycles. The van der Waals surface area contributed by atoms with Crippen LogP contribution in [0.1, 0.15) is 79.8 Å². The highest BCUT2D eigenvalue weighted by Crippen LogP contribution is 2.31. The maximum atomic E-state index is 12.9. The van der Waals surface area contributed by atoms with Crippen LogP contribution in [-0.4, -0.2) is 54.9 Å². The Bertz CT molecular complexity index is 945. The summed E-state index contributed by atoms with van der Waals surface area (Å²) in [4.78, 5) is 37.7. The van der Waals surface area contributed by atoms with E-state index in [0.717, 1.165) is 42.2 Å². The molecule has 1 N–H and O–H groups in total. The highest BCUT2D eigenvalue weighted by atomic mass is 16.2. The molecule has 2 aromatic rings. The van der Waals surface area contributed by atoms with E-state index in [2.05, 4.69) is 36.0 Å². The maximum Gasteiger partial charge on any atom is 0.274 e. The van der Waals surface area contributed by atoms with Crippen molar-refractivity contribution in [2.45, 2.75) is 65.0 Å². The first-order chi connectivity index (χ1) is 13.7. The van der Waals surface area contributed by atoms with Crippen LogP contribution in [0.25, 0.3) is 0 Å². The Kier molecular flexibility index (Phi) is 4.88. The molecule has 154 valence electrons. The summed E-state index contributed by atoms with van der Waals surface area (Å²) in [7, 11) is 0. The predicted octanol–water partition coefficient (Wildman–Crippen LogP) is 2.38. The number of fused-ring (bicyclic) bond motifs is 1. The van der Waals surface area contributed by atoms with E-state index < -0.39 is 0 Å². The fourth-order valence-corrected chi connectivity index (χ4v) is 4.06. The number of carbonyl (C=O) groups is 2. The van der Waals surface area contributed by atoms with Crippen molar-refractivity contribution in [3.63, 3.8) is 0 Å². The highest BCUT2D eigenvalue weighted by Gasteiger charge is 2.32. The van der Waals surface area contributed by atoms with Gasteiger partial charge in [0.25, 0.3) is 5.91 Å². The smallest absolute Gasteiger partial charge is 0.274 e. The summed E-state index contributed by atoms with van der Waals surface area (Å²) < 4.78 is 0. The van der Waals surface area contributed by atoms with Crippen molar-refractivity contribution in [3.8, 4) is 0 Å². The lowest BCUT2D eigenvalue weighted by atomic mass is 9.92. The van der Waals surface area contributed by atoms with Crippen LogP contribution in [0.4, 0.5) is 0 Å². The van der Waals surface area contributed by atoms with Crippen molar-refractivity contribution in [2.24, 2.45) is 0 Å². The summed E-state index contributed by atoms with van der Waals surface area (Å²) in [6.45, 7) is 9.69. The van der Waals surface area contributed by atoms with Gasteiger partial charge in [0.2, 0.25) is 5.91 Å². The van der Waals surface area contributed by atoms with Crippen molar-refractivity contribution in [3.05, 3.63) is 40.7 Å². The van der Waals surface area contributed by atoms with E-state index in [1.165, 1.54) is 0 Å². The van der Waals surface area contributed by atoms with Gasteiger partial charge < -0.3 is 9.80 Å². The zero-order chi connectivity index (χ0) is 20.8. The summed E-state index contributed by atoms with van der Waals surface area (Å²) >= 11 is 0. The van der Waals surface area contributed by atoms with Gasteiger partial charge in [0, 0.05) is 55.8 Å². The van der Waals surface area contributed by atoms with Gasteiger partial charge in [-0.15, -0.1) is 0 Å². The molecule has 4 heterocycles. The van der Waals surface area contributed by atoms with E-state index in [1.54, 1.807) is 11.8 Å². The lowest BCUT2D eigenvalue weighted by molar-refractivity contribution is -0.129. The van der Waals surface area contributed by atoms with E-state index in [4.69, 9.17) is 4.98 Å². The van der Waals surface area contributed by atoms with E-state index >= 15 is 0 Å². The number of aromatic amines is 1. The molecule has 0 radical (unpaired) electrons. The Balaban J connectivity index is 1.50. The molecule has 2 aliphatic rings. The molecule has 8 nitrogen and oxygen atoms in total. The normalized spacial score (nSPS) is 19.4. The van der Waals surface area contributed by atoms with Crippen LogP contribution in [0.2, 0.25) is 0 Å². The lowest BCUT2D eigenvalue weighted by Gasteiger charge is -2.29. The number of carbonyl (C=O) groups excluding carboxylic acids is 2. The quantitative estimate of drug-likeness (QED) is 0.841. The van der Waals surface area contributed by atoms with Crippen LogP contribution in [0.15, 0.2) is 12.3 Å². The maximum absolute atomic E-state index is 12.9. The largest absolute Gasteiger partial charge is 0.333 e. The second-order valence-corrected chi connectivity index (χ2v) is 8.96. The van der Waals surface area contributed by atoms with Gasteiger partial charge in [-0.2, -0.15) is 5.10 Å². The van der Waals surface area contributed by atoms with Gasteiger partial charge >= 0.3 is 0 Å². The number of amides is 2. The molecule has 1 fully saturated rings. The molecular formula is C21H28N6O2.